The van der Waals surface area contributed by atoms with Gasteiger partial charge in [0.2, 0.25) is 0 Å². The molecule has 0 radical (unpaired) electrons. The van der Waals surface area contributed by atoms with Crippen LogP contribution in [0.4, 0.5) is 5.69 Å². The van der Waals surface area contributed by atoms with Crippen LogP contribution in [0.1, 0.15) is 16.1 Å². The average Bonchev–Trinajstić information content (AvgIpc) is 3.10. The van der Waals surface area contributed by atoms with Crippen molar-refractivity contribution in [3.63, 3.8) is 0 Å². The summed E-state index contributed by atoms with van der Waals surface area (Å²) in [5.41, 5.74) is 3.01. The van der Waals surface area contributed by atoms with Gasteiger partial charge in [-0.25, -0.2) is 5.43 Å². The van der Waals surface area contributed by atoms with Crippen molar-refractivity contribution in [2.75, 3.05) is 0 Å². The molecule has 1 amide bonds. The Kier molecular flexibility index (Phi) is 5.87. The van der Waals surface area contributed by atoms with Gasteiger partial charge in [0.15, 0.2) is 0 Å². The number of nitrogens with zero attached hydrogens (tertiary/aromatic N) is 2. The minimum Gasteiger partial charge on any atom is -0.455 e. The maximum absolute atomic E-state index is 12.0. The number of hydrazone groups is 1. The summed E-state index contributed by atoms with van der Waals surface area (Å²) >= 11 is 7.96. The van der Waals surface area contributed by atoms with Gasteiger partial charge in [0.25, 0.3) is 11.6 Å². The van der Waals surface area contributed by atoms with E-state index < -0.39 is 4.92 Å². The van der Waals surface area contributed by atoms with Crippen LogP contribution in [0.3, 0.4) is 0 Å². The van der Waals surface area contributed by atoms with E-state index in [4.69, 9.17) is 16.0 Å². The summed E-state index contributed by atoms with van der Waals surface area (Å²) in [4.78, 5) is 22.6. The van der Waals surface area contributed by atoms with Crippen LogP contribution < -0.4 is 5.43 Å². The van der Waals surface area contributed by atoms with Gasteiger partial charge in [0.05, 0.1) is 16.7 Å². The molecular formula is C18H11ClIN3O4. The third-order valence-corrected chi connectivity index (χ3v) is 4.47. The molecule has 0 aliphatic rings. The number of nitro benzene ring substituents is 1. The van der Waals surface area contributed by atoms with Gasteiger partial charge in [-0.1, -0.05) is 11.6 Å². The van der Waals surface area contributed by atoms with Crippen molar-refractivity contribution in [3.8, 4) is 11.3 Å². The number of hydrogen-bond acceptors (Lipinski definition) is 5. The topological polar surface area (TPSA) is 97.7 Å². The molecule has 0 bridgehead atoms. The van der Waals surface area contributed by atoms with E-state index in [1.54, 1.807) is 30.3 Å². The lowest BCUT2D eigenvalue weighted by Gasteiger charge is -2.00. The van der Waals surface area contributed by atoms with Crippen molar-refractivity contribution < 1.29 is 14.1 Å². The number of furan rings is 1. The Morgan fingerprint density at radius 3 is 2.63 bits per heavy atom. The Morgan fingerprint density at radius 1 is 1.19 bits per heavy atom. The van der Waals surface area contributed by atoms with Crippen molar-refractivity contribution >= 4 is 52.0 Å². The molecule has 0 aliphatic carbocycles. The number of halogens is 2. The van der Waals surface area contributed by atoms with Gasteiger partial charge in [-0.2, -0.15) is 5.10 Å². The minimum absolute atomic E-state index is 0.160. The van der Waals surface area contributed by atoms with Crippen molar-refractivity contribution in [2.24, 2.45) is 5.10 Å². The fraction of sp³-hybridized carbons (Fsp3) is 0. The monoisotopic (exact) mass is 495 g/mol. The summed E-state index contributed by atoms with van der Waals surface area (Å²) < 4.78 is 6.57. The molecule has 0 spiro atoms. The molecule has 3 rings (SSSR count). The zero-order valence-electron chi connectivity index (χ0n) is 13.6. The highest BCUT2D eigenvalue weighted by Crippen LogP contribution is 2.33. The first-order chi connectivity index (χ1) is 12.9. The van der Waals surface area contributed by atoms with Crippen LogP contribution in [0.15, 0.2) is 64.1 Å². The molecule has 1 heterocycles. The molecule has 136 valence electrons. The molecule has 27 heavy (non-hydrogen) atoms. The molecule has 0 atom stereocenters. The van der Waals surface area contributed by atoms with Crippen LogP contribution in [-0.2, 0) is 0 Å². The Balaban J connectivity index is 1.73. The molecular weight excluding hydrogens is 485 g/mol. The SMILES string of the molecule is O=C(N/N=C\c1ccc(-c2ccc(Cl)cc2[N+](=O)[O-])o1)c1ccc(I)cc1. The maximum atomic E-state index is 12.0. The summed E-state index contributed by atoms with van der Waals surface area (Å²) in [7, 11) is 0. The second-order valence-corrected chi connectivity index (χ2v) is 7.01. The minimum atomic E-state index is -0.529. The Bertz CT molecular complexity index is 1030. The number of nitro groups is 1. The van der Waals surface area contributed by atoms with E-state index in [-0.39, 0.29) is 16.6 Å². The Morgan fingerprint density at radius 2 is 1.93 bits per heavy atom. The summed E-state index contributed by atoms with van der Waals surface area (Å²) in [5, 5.41) is 15.3. The van der Waals surface area contributed by atoms with Crippen LogP contribution in [0.5, 0.6) is 0 Å². The largest absolute Gasteiger partial charge is 0.455 e. The van der Waals surface area contributed by atoms with Crippen molar-refractivity contribution in [1.82, 2.24) is 5.43 Å². The third-order valence-electron chi connectivity index (χ3n) is 3.51. The first-order valence-electron chi connectivity index (χ1n) is 7.57. The first kappa shape index (κ1) is 19.1. The molecule has 1 aromatic heterocycles. The molecule has 0 saturated heterocycles. The van der Waals surface area contributed by atoms with E-state index >= 15 is 0 Å². The van der Waals surface area contributed by atoms with E-state index in [1.807, 2.05) is 12.1 Å². The number of amides is 1. The van der Waals surface area contributed by atoms with Gasteiger partial charge in [-0.15, -0.1) is 0 Å². The van der Waals surface area contributed by atoms with Crippen LogP contribution in [0.25, 0.3) is 11.3 Å². The lowest BCUT2D eigenvalue weighted by atomic mass is 10.1. The van der Waals surface area contributed by atoms with Gasteiger partial charge in [0, 0.05) is 20.2 Å². The number of nitrogens with one attached hydrogen (secondary N) is 1. The Hall–Kier alpha value is -2.72. The summed E-state index contributed by atoms with van der Waals surface area (Å²) in [6, 6.07) is 14.5. The maximum Gasteiger partial charge on any atom is 0.281 e. The smallest absolute Gasteiger partial charge is 0.281 e. The zero-order valence-corrected chi connectivity index (χ0v) is 16.5. The fourth-order valence-corrected chi connectivity index (χ4v) is 2.78. The van der Waals surface area contributed by atoms with Gasteiger partial charge in [-0.05, 0) is 71.1 Å². The Labute approximate surface area is 172 Å². The van der Waals surface area contributed by atoms with Crippen molar-refractivity contribution in [3.05, 3.63) is 84.6 Å². The molecule has 2 aromatic carbocycles. The van der Waals surface area contributed by atoms with Gasteiger partial charge >= 0.3 is 0 Å². The predicted molar refractivity (Wildman–Crippen MR) is 110 cm³/mol. The summed E-state index contributed by atoms with van der Waals surface area (Å²) in [6.07, 6.45) is 1.32. The van der Waals surface area contributed by atoms with E-state index in [9.17, 15) is 14.9 Å². The second-order valence-electron chi connectivity index (χ2n) is 5.33. The lowest BCUT2D eigenvalue weighted by molar-refractivity contribution is -0.384. The van der Waals surface area contributed by atoms with Gasteiger partial charge in [-0.3, -0.25) is 14.9 Å². The zero-order chi connectivity index (χ0) is 19.4. The number of benzene rings is 2. The van der Waals surface area contributed by atoms with Gasteiger partial charge in [0.1, 0.15) is 11.5 Å². The van der Waals surface area contributed by atoms with Crippen LogP contribution in [-0.4, -0.2) is 17.0 Å². The highest BCUT2D eigenvalue weighted by molar-refractivity contribution is 14.1. The third kappa shape index (κ3) is 4.72. The molecule has 3 aromatic rings. The molecule has 0 fully saturated rings. The molecule has 7 nitrogen and oxygen atoms in total. The van der Waals surface area contributed by atoms with Crippen molar-refractivity contribution in [1.29, 1.82) is 0 Å². The predicted octanol–water partition coefficient (Wildman–Crippen LogP) is 4.88. The molecule has 9 heteroatoms. The number of hydrogen-bond donors (Lipinski definition) is 1. The number of carbonyl (C=O) groups excluding carboxylic acids is 1. The number of rotatable bonds is 5. The van der Waals surface area contributed by atoms with E-state index in [1.165, 1.54) is 18.3 Å². The highest BCUT2D eigenvalue weighted by atomic mass is 127. The van der Waals surface area contributed by atoms with E-state index in [0.29, 0.717) is 22.6 Å². The second kappa shape index (κ2) is 8.31. The quantitative estimate of drug-likeness (QED) is 0.236. The molecule has 0 saturated carbocycles. The fourth-order valence-electron chi connectivity index (χ4n) is 2.25. The van der Waals surface area contributed by atoms with Crippen LogP contribution in [0, 0.1) is 13.7 Å². The standard InChI is InChI=1S/C18H11ClIN3O4/c19-12-3-7-15(16(9-12)23(25)26)17-8-6-14(27-17)10-21-22-18(24)11-1-4-13(20)5-2-11/h1-10H,(H,22,24)/b21-10-. The van der Waals surface area contributed by atoms with Crippen molar-refractivity contribution in [2.45, 2.75) is 0 Å². The van der Waals surface area contributed by atoms with Gasteiger partial charge < -0.3 is 4.42 Å². The molecule has 0 aliphatic heterocycles. The van der Waals surface area contributed by atoms with E-state index in [2.05, 4.69) is 33.1 Å². The summed E-state index contributed by atoms with van der Waals surface area (Å²) in [6.45, 7) is 0. The van der Waals surface area contributed by atoms with Crippen LogP contribution in [0.2, 0.25) is 5.02 Å². The first-order valence-corrected chi connectivity index (χ1v) is 9.03. The molecule has 0 unspecified atom stereocenters. The van der Waals surface area contributed by atoms with Crippen LogP contribution >= 0.6 is 34.2 Å². The highest BCUT2D eigenvalue weighted by Gasteiger charge is 2.18. The molecule has 1 N–H and O–H groups in total. The number of carbonyl (C=O) groups is 1. The summed E-state index contributed by atoms with van der Waals surface area (Å²) in [5.74, 6) is 0.267. The normalized spacial score (nSPS) is 10.9. The average molecular weight is 496 g/mol. The van der Waals surface area contributed by atoms with E-state index in [0.717, 1.165) is 3.57 Å². The lowest BCUT2D eigenvalue weighted by Crippen LogP contribution is -2.17.